The summed E-state index contributed by atoms with van der Waals surface area (Å²) in [6, 6.07) is 0. The van der Waals surface area contributed by atoms with Gasteiger partial charge in [-0.2, -0.15) is 5.10 Å². The Morgan fingerprint density at radius 1 is 1.64 bits per heavy atom. The first kappa shape index (κ1) is 6.15. The van der Waals surface area contributed by atoms with Gasteiger partial charge in [0.05, 0.1) is 12.4 Å². The van der Waals surface area contributed by atoms with Crippen molar-refractivity contribution in [1.29, 1.82) is 0 Å². The van der Waals surface area contributed by atoms with Gasteiger partial charge in [0.15, 0.2) is 23.7 Å². The molecule has 0 aliphatic rings. The Morgan fingerprint density at radius 3 is 3.27 bits per heavy atom. The van der Waals surface area contributed by atoms with Crippen LogP contribution < -0.4 is 4.57 Å². The summed E-state index contributed by atoms with van der Waals surface area (Å²) < 4.78 is 3.48. The third kappa shape index (κ3) is 0.832. The van der Waals surface area contributed by atoms with Gasteiger partial charge in [0.25, 0.3) is 0 Å². The Labute approximate surface area is 63.3 Å². The van der Waals surface area contributed by atoms with Crippen molar-refractivity contribution in [2.45, 2.75) is 0 Å². The maximum Gasteiger partial charge on any atom is 0.198 e. The van der Waals surface area contributed by atoms with E-state index in [0.29, 0.717) is 0 Å². The van der Waals surface area contributed by atoms with Crippen molar-refractivity contribution >= 4 is 5.52 Å². The minimum atomic E-state index is 0.209. The van der Waals surface area contributed by atoms with Gasteiger partial charge in [0, 0.05) is 0 Å². The van der Waals surface area contributed by atoms with E-state index in [4.69, 9.17) is 0 Å². The van der Waals surface area contributed by atoms with Gasteiger partial charge in [0.2, 0.25) is 0 Å². The van der Waals surface area contributed by atoms with Crippen LogP contribution in [0, 0.1) is 0 Å². The molecule has 56 valence electrons. The molecule has 0 spiro atoms. The van der Waals surface area contributed by atoms with Crippen LogP contribution in [0.2, 0.25) is 0 Å². The van der Waals surface area contributed by atoms with Crippen LogP contribution in [0.4, 0.5) is 0 Å². The van der Waals surface area contributed by atoms with Gasteiger partial charge in [-0.1, -0.05) is 0 Å². The number of hydrogen-bond acceptors (Lipinski definition) is 2. The van der Waals surface area contributed by atoms with Crippen molar-refractivity contribution in [3.05, 3.63) is 24.8 Å². The Hall–Kier alpha value is -1.58. The van der Waals surface area contributed by atoms with E-state index in [1.807, 2.05) is 24.0 Å². The number of aryl methyl sites for hydroxylation is 1. The fourth-order valence-electron chi connectivity index (χ4n) is 1.01. The molecule has 0 fully saturated rings. The molecule has 1 N–H and O–H groups in total. The summed E-state index contributed by atoms with van der Waals surface area (Å²) in [5.41, 5.74) is 0.718. The number of nitrogens with zero attached hydrogens (tertiary/aromatic N) is 3. The van der Waals surface area contributed by atoms with Crippen LogP contribution in [0.5, 0.6) is 5.75 Å². The van der Waals surface area contributed by atoms with Crippen molar-refractivity contribution in [2.75, 3.05) is 0 Å². The van der Waals surface area contributed by atoms with Gasteiger partial charge in [-0.15, -0.1) is 0 Å². The normalized spacial score (nSPS) is 10.6. The van der Waals surface area contributed by atoms with E-state index in [2.05, 4.69) is 5.10 Å². The molecule has 2 aromatic heterocycles. The zero-order valence-corrected chi connectivity index (χ0v) is 6.10. The largest absolute Gasteiger partial charge is 0.504 e. The Balaban J connectivity index is 2.87. The molecule has 11 heavy (non-hydrogen) atoms. The molecule has 4 heteroatoms. The predicted molar refractivity (Wildman–Crippen MR) is 38.0 cm³/mol. The summed E-state index contributed by atoms with van der Waals surface area (Å²) in [7, 11) is 1.90. The second-order valence-corrected chi connectivity index (χ2v) is 2.45. The first-order valence-corrected chi connectivity index (χ1v) is 3.29. The third-order valence-corrected chi connectivity index (χ3v) is 1.58. The van der Waals surface area contributed by atoms with Gasteiger partial charge in [-0.05, 0) is 0 Å². The molecule has 2 aromatic rings. The van der Waals surface area contributed by atoms with Crippen molar-refractivity contribution in [2.24, 2.45) is 7.05 Å². The van der Waals surface area contributed by atoms with Crippen LogP contribution >= 0.6 is 0 Å². The maximum atomic E-state index is 9.24. The maximum absolute atomic E-state index is 9.24. The lowest BCUT2D eigenvalue weighted by Gasteiger charge is -1.89. The molecule has 0 saturated carbocycles. The fraction of sp³-hybridized carbons (Fsp3) is 0.143. The minimum absolute atomic E-state index is 0.209. The van der Waals surface area contributed by atoms with Crippen LogP contribution in [-0.4, -0.2) is 14.7 Å². The molecular formula is C7H8N3O+. The Morgan fingerprint density at radius 2 is 2.45 bits per heavy atom. The second-order valence-electron chi connectivity index (χ2n) is 2.45. The average molecular weight is 150 g/mol. The highest BCUT2D eigenvalue weighted by molar-refractivity contribution is 5.54. The highest BCUT2D eigenvalue weighted by Gasteiger charge is 2.04. The van der Waals surface area contributed by atoms with E-state index in [1.165, 1.54) is 6.20 Å². The standard InChI is InChI=1S/C7H7N3O/c1-9-2-3-10-6(5-9)7(11)4-8-10/h2-5H,1H3/p+1. The second kappa shape index (κ2) is 1.95. The van der Waals surface area contributed by atoms with E-state index in [0.717, 1.165) is 5.52 Å². The highest BCUT2D eigenvalue weighted by atomic mass is 16.3. The molecule has 0 aliphatic heterocycles. The van der Waals surface area contributed by atoms with E-state index in [-0.39, 0.29) is 5.75 Å². The molecule has 0 bridgehead atoms. The van der Waals surface area contributed by atoms with Crippen molar-refractivity contribution < 1.29 is 9.67 Å². The quantitative estimate of drug-likeness (QED) is 0.531. The molecule has 0 unspecified atom stereocenters. The summed E-state index contributed by atoms with van der Waals surface area (Å²) in [6.07, 6.45) is 6.88. The molecule has 4 nitrogen and oxygen atoms in total. The molecule has 0 saturated heterocycles. The van der Waals surface area contributed by atoms with E-state index >= 15 is 0 Å². The van der Waals surface area contributed by atoms with Crippen LogP contribution in [0.25, 0.3) is 5.52 Å². The number of aromatic nitrogens is 3. The van der Waals surface area contributed by atoms with Gasteiger partial charge >= 0.3 is 0 Å². The SMILES string of the molecule is C[n+]1ccn2ncc(O)c2c1. The van der Waals surface area contributed by atoms with E-state index in [1.54, 1.807) is 10.7 Å². The monoisotopic (exact) mass is 150 g/mol. The third-order valence-electron chi connectivity index (χ3n) is 1.58. The molecule has 2 heterocycles. The highest BCUT2D eigenvalue weighted by Crippen LogP contribution is 2.13. The summed E-state index contributed by atoms with van der Waals surface area (Å²) in [6.45, 7) is 0. The number of rotatable bonds is 0. The zero-order chi connectivity index (χ0) is 7.84. The summed E-state index contributed by atoms with van der Waals surface area (Å²) in [5, 5.41) is 13.2. The summed E-state index contributed by atoms with van der Waals surface area (Å²) in [5.74, 6) is 0.209. The molecule has 0 aromatic carbocycles. The molecule has 0 aliphatic carbocycles. The molecule has 0 radical (unpaired) electrons. The number of fused-ring (bicyclic) bond motifs is 1. The summed E-state index contributed by atoms with van der Waals surface area (Å²) >= 11 is 0. The molecular weight excluding hydrogens is 142 g/mol. The Bertz CT molecular complexity index is 393. The van der Waals surface area contributed by atoms with Crippen LogP contribution in [-0.2, 0) is 7.05 Å². The lowest BCUT2D eigenvalue weighted by molar-refractivity contribution is -0.670. The smallest absolute Gasteiger partial charge is 0.198 e. The van der Waals surface area contributed by atoms with Crippen molar-refractivity contribution in [1.82, 2.24) is 9.61 Å². The molecule has 2 rings (SSSR count). The zero-order valence-electron chi connectivity index (χ0n) is 6.10. The van der Waals surface area contributed by atoms with Crippen LogP contribution in [0.15, 0.2) is 24.8 Å². The van der Waals surface area contributed by atoms with Crippen molar-refractivity contribution in [3.63, 3.8) is 0 Å². The molecule has 0 amide bonds. The lowest BCUT2D eigenvalue weighted by atomic mass is 10.5. The first-order valence-electron chi connectivity index (χ1n) is 3.29. The van der Waals surface area contributed by atoms with Gasteiger partial charge in [0.1, 0.15) is 7.05 Å². The van der Waals surface area contributed by atoms with Crippen LogP contribution in [0.1, 0.15) is 0 Å². The minimum Gasteiger partial charge on any atom is -0.504 e. The number of hydrogen-bond donors (Lipinski definition) is 1. The van der Waals surface area contributed by atoms with Gasteiger partial charge < -0.3 is 5.11 Å². The lowest BCUT2D eigenvalue weighted by Crippen LogP contribution is -2.26. The number of aromatic hydroxyl groups is 1. The topological polar surface area (TPSA) is 41.4 Å². The first-order chi connectivity index (χ1) is 5.27. The van der Waals surface area contributed by atoms with E-state index in [9.17, 15) is 5.11 Å². The Kier molecular flexibility index (Phi) is 1.09. The molecule has 0 atom stereocenters. The fourth-order valence-corrected chi connectivity index (χ4v) is 1.01. The predicted octanol–water partition coefficient (Wildman–Crippen LogP) is -0.136. The van der Waals surface area contributed by atoms with E-state index < -0.39 is 0 Å². The van der Waals surface area contributed by atoms with Crippen molar-refractivity contribution in [3.8, 4) is 5.75 Å². The van der Waals surface area contributed by atoms with Crippen LogP contribution in [0.3, 0.4) is 0 Å². The van der Waals surface area contributed by atoms with Gasteiger partial charge in [-0.25, -0.2) is 9.08 Å². The van der Waals surface area contributed by atoms with Gasteiger partial charge in [-0.3, -0.25) is 0 Å². The summed E-state index contributed by atoms with van der Waals surface area (Å²) in [4.78, 5) is 0. The average Bonchev–Trinajstić information content (AvgIpc) is 2.33.